The van der Waals surface area contributed by atoms with Gasteiger partial charge in [-0.2, -0.15) is 0 Å². The predicted octanol–water partition coefficient (Wildman–Crippen LogP) is 4.71. The van der Waals surface area contributed by atoms with Gasteiger partial charge in [-0.25, -0.2) is 9.59 Å². The van der Waals surface area contributed by atoms with Crippen LogP contribution in [-0.4, -0.2) is 47.1 Å². The maximum absolute atomic E-state index is 12.9. The van der Waals surface area contributed by atoms with E-state index in [0.29, 0.717) is 24.2 Å². The molecule has 0 aliphatic carbocycles. The molecule has 0 saturated heterocycles. The second kappa shape index (κ2) is 18.9. The van der Waals surface area contributed by atoms with E-state index in [0.717, 1.165) is 37.8 Å². The lowest BCUT2D eigenvalue weighted by Crippen LogP contribution is -2.33. The van der Waals surface area contributed by atoms with E-state index in [2.05, 4.69) is 58.7 Å². The third-order valence-corrected chi connectivity index (χ3v) is 7.95. The van der Waals surface area contributed by atoms with Crippen LogP contribution in [0.5, 0.6) is 0 Å². The molecule has 10 nitrogen and oxygen atoms in total. The molecule has 48 heavy (non-hydrogen) atoms. The molecular formula is C38H44N4O6. The van der Waals surface area contributed by atoms with Gasteiger partial charge in [-0.3, -0.25) is 9.59 Å². The Bertz CT molecular complexity index is 1550. The van der Waals surface area contributed by atoms with Crippen LogP contribution in [0, 0.1) is 0 Å². The van der Waals surface area contributed by atoms with Gasteiger partial charge in [-0.1, -0.05) is 60.7 Å². The molecule has 0 fully saturated rings. The number of carbonyl (C=O) groups excluding carboxylic acids is 2. The highest BCUT2D eigenvalue weighted by Crippen LogP contribution is 2.18. The Balaban J connectivity index is 1.33. The van der Waals surface area contributed by atoms with Crippen molar-refractivity contribution in [1.82, 2.24) is 20.6 Å². The summed E-state index contributed by atoms with van der Waals surface area (Å²) < 4.78 is 11.4. The van der Waals surface area contributed by atoms with Crippen molar-refractivity contribution in [2.75, 3.05) is 13.1 Å². The van der Waals surface area contributed by atoms with E-state index >= 15 is 0 Å². The highest BCUT2D eigenvalue weighted by Gasteiger charge is 2.20. The van der Waals surface area contributed by atoms with Crippen LogP contribution in [-0.2, 0) is 31.9 Å². The first-order chi connectivity index (χ1) is 23.2. The number of H-pyrrole nitrogens is 2. The van der Waals surface area contributed by atoms with Gasteiger partial charge < -0.3 is 30.1 Å². The summed E-state index contributed by atoms with van der Waals surface area (Å²) in [5, 5.41) is 6.82. The fourth-order valence-electron chi connectivity index (χ4n) is 5.07. The van der Waals surface area contributed by atoms with Crippen molar-refractivity contribution in [3.8, 4) is 0 Å². The molecule has 4 aromatic rings. The maximum Gasteiger partial charge on any atom is 0.331 e. The van der Waals surface area contributed by atoms with Crippen molar-refractivity contribution in [2.24, 2.45) is 0 Å². The van der Waals surface area contributed by atoms with Crippen molar-refractivity contribution in [3.63, 3.8) is 0 Å². The van der Waals surface area contributed by atoms with Crippen molar-refractivity contribution in [3.05, 3.63) is 152 Å². The molecule has 252 valence electrons. The third kappa shape index (κ3) is 12.6. The van der Waals surface area contributed by atoms with Crippen LogP contribution in [0.15, 0.2) is 119 Å². The van der Waals surface area contributed by atoms with E-state index in [-0.39, 0.29) is 23.2 Å². The van der Waals surface area contributed by atoms with Crippen LogP contribution < -0.4 is 21.8 Å². The first-order valence-electron chi connectivity index (χ1n) is 16.3. The number of benzene rings is 2. The second-order valence-electron chi connectivity index (χ2n) is 11.8. The summed E-state index contributed by atoms with van der Waals surface area (Å²) in [5.74, 6) is -1.48. The van der Waals surface area contributed by atoms with E-state index in [1.807, 2.05) is 36.4 Å². The normalized spacial score (nSPS) is 13.8. The number of aryl methyl sites for hydroxylation is 2. The molecule has 0 aliphatic rings. The number of pyridine rings is 2. The summed E-state index contributed by atoms with van der Waals surface area (Å²) in [6.07, 6.45) is 7.18. The van der Waals surface area contributed by atoms with E-state index in [4.69, 9.17) is 9.47 Å². The van der Waals surface area contributed by atoms with Gasteiger partial charge in [-0.05, 0) is 62.8 Å². The van der Waals surface area contributed by atoms with Gasteiger partial charge in [0.2, 0.25) is 11.1 Å². The minimum Gasteiger partial charge on any atom is -0.453 e. The molecule has 4 N–H and O–H groups in total. The van der Waals surface area contributed by atoms with Gasteiger partial charge in [0, 0.05) is 73.0 Å². The fraction of sp³-hybridized carbons (Fsp3) is 0.316. The molecule has 2 heterocycles. The zero-order valence-electron chi connectivity index (χ0n) is 27.4. The lowest BCUT2D eigenvalue weighted by molar-refractivity contribution is -0.146. The summed E-state index contributed by atoms with van der Waals surface area (Å²) in [7, 11) is 0. The van der Waals surface area contributed by atoms with Crippen molar-refractivity contribution >= 4 is 11.9 Å². The fourth-order valence-corrected chi connectivity index (χ4v) is 5.07. The van der Waals surface area contributed by atoms with Gasteiger partial charge in [0.15, 0.2) is 0 Å². The van der Waals surface area contributed by atoms with Crippen molar-refractivity contribution in [2.45, 2.75) is 63.8 Å². The SMILES string of the molecule is CC(CCc1ccccc1)NCC(OC(=O)/C=C/C(=O)OC(CNC(C)CCc1ccccc1)c1ccc(=O)[nH]c1)c1ccc(=O)[nH]c1. The minimum absolute atomic E-state index is 0.124. The van der Waals surface area contributed by atoms with E-state index < -0.39 is 24.1 Å². The molecule has 2 aromatic carbocycles. The van der Waals surface area contributed by atoms with Crippen LogP contribution in [0.2, 0.25) is 0 Å². The average molecular weight is 653 g/mol. The van der Waals surface area contributed by atoms with Gasteiger partial charge in [-0.15, -0.1) is 0 Å². The van der Waals surface area contributed by atoms with Crippen LogP contribution in [0.4, 0.5) is 0 Å². The van der Waals surface area contributed by atoms with Crippen molar-refractivity contribution < 1.29 is 19.1 Å². The topological polar surface area (TPSA) is 142 Å². The Hall–Kier alpha value is -5.06. The lowest BCUT2D eigenvalue weighted by atomic mass is 10.1. The number of aromatic amines is 2. The standard InChI is InChI=1S/C38H44N4O6/c1-27(13-15-29-9-5-3-6-10-29)39-25-33(31-17-19-35(43)41-23-31)47-37(45)21-22-38(46)48-34(32-18-20-36(44)42-24-32)26-40-28(2)14-16-30-11-7-4-8-12-30/h3-12,17-24,27-28,33-34,39-40H,13-16,25-26H2,1-2H3,(H,41,43)(H,42,44)/b22-21+. The van der Waals surface area contributed by atoms with Gasteiger partial charge >= 0.3 is 11.9 Å². The summed E-state index contributed by atoms with van der Waals surface area (Å²) in [6.45, 7) is 4.72. The molecule has 0 saturated carbocycles. The summed E-state index contributed by atoms with van der Waals surface area (Å²) in [4.78, 5) is 54.3. The Morgan fingerprint density at radius 3 is 1.38 bits per heavy atom. The van der Waals surface area contributed by atoms with Gasteiger partial charge in [0.25, 0.3) is 0 Å². The molecule has 0 bridgehead atoms. The monoisotopic (exact) mass is 652 g/mol. The predicted molar refractivity (Wildman–Crippen MR) is 185 cm³/mol. The molecule has 4 unspecified atom stereocenters. The number of carbonyl (C=O) groups is 2. The molecule has 0 spiro atoms. The number of hydrogen-bond acceptors (Lipinski definition) is 8. The van der Waals surface area contributed by atoms with Crippen molar-refractivity contribution in [1.29, 1.82) is 0 Å². The Morgan fingerprint density at radius 2 is 1.02 bits per heavy atom. The molecule has 0 aliphatic heterocycles. The largest absolute Gasteiger partial charge is 0.453 e. The minimum atomic E-state index is -0.741. The number of ether oxygens (including phenoxy) is 2. The molecule has 10 heteroatoms. The van der Waals surface area contributed by atoms with E-state index in [1.165, 1.54) is 35.7 Å². The number of aromatic nitrogens is 2. The third-order valence-electron chi connectivity index (χ3n) is 7.95. The number of hydrogen-bond donors (Lipinski definition) is 4. The van der Waals surface area contributed by atoms with Crippen LogP contribution in [0.1, 0.15) is 61.2 Å². The Kier molecular flexibility index (Phi) is 14.1. The van der Waals surface area contributed by atoms with Crippen LogP contribution >= 0.6 is 0 Å². The number of esters is 2. The molecule has 0 amide bonds. The van der Waals surface area contributed by atoms with E-state index in [1.54, 1.807) is 12.1 Å². The molecule has 2 aromatic heterocycles. The maximum atomic E-state index is 12.9. The summed E-state index contributed by atoms with van der Waals surface area (Å²) >= 11 is 0. The highest BCUT2D eigenvalue weighted by atomic mass is 16.5. The Morgan fingerprint density at radius 1 is 0.625 bits per heavy atom. The smallest absolute Gasteiger partial charge is 0.331 e. The Labute approximate surface area is 280 Å². The highest BCUT2D eigenvalue weighted by molar-refractivity contribution is 5.91. The van der Waals surface area contributed by atoms with Crippen LogP contribution in [0.25, 0.3) is 0 Å². The quantitative estimate of drug-likeness (QED) is 0.0895. The number of rotatable bonds is 18. The second-order valence-corrected chi connectivity index (χ2v) is 11.8. The summed E-state index contributed by atoms with van der Waals surface area (Å²) in [6, 6.07) is 26.6. The number of nitrogens with one attached hydrogen (secondary N) is 4. The molecular weight excluding hydrogens is 608 g/mol. The molecule has 4 atom stereocenters. The summed E-state index contributed by atoms with van der Waals surface area (Å²) in [5.41, 5.74) is 3.14. The molecule has 0 radical (unpaired) electrons. The van der Waals surface area contributed by atoms with Gasteiger partial charge in [0.05, 0.1) is 0 Å². The lowest BCUT2D eigenvalue weighted by Gasteiger charge is -2.21. The average Bonchev–Trinajstić information content (AvgIpc) is 3.10. The zero-order chi connectivity index (χ0) is 34.1. The van der Waals surface area contributed by atoms with Crippen LogP contribution in [0.3, 0.4) is 0 Å². The zero-order valence-corrected chi connectivity index (χ0v) is 27.4. The van der Waals surface area contributed by atoms with Gasteiger partial charge in [0.1, 0.15) is 12.2 Å². The first-order valence-corrected chi connectivity index (χ1v) is 16.3. The molecule has 4 rings (SSSR count). The van der Waals surface area contributed by atoms with E-state index in [9.17, 15) is 19.2 Å². The first kappa shape index (κ1) is 35.8.